The second-order valence-electron chi connectivity index (χ2n) is 14.8. The van der Waals surface area contributed by atoms with Gasteiger partial charge in [0.1, 0.15) is 11.4 Å². The molecule has 0 radical (unpaired) electrons. The molecule has 2 aliphatic heterocycles. The second-order valence-corrected chi connectivity index (χ2v) is 15.7. The van der Waals surface area contributed by atoms with Crippen molar-refractivity contribution in [2.75, 3.05) is 17.0 Å². The van der Waals surface area contributed by atoms with Gasteiger partial charge < -0.3 is 5.11 Å². The molecule has 6 atom stereocenters. The molecule has 288 valence electrons. The molecule has 3 fully saturated rings. The molecule has 0 spiro atoms. The first-order valence-electron chi connectivity index (χ1n) is 18.2. The predicted octanol–water partition coefficient (Wildman–Crippen LogP) is 8.48. The van der Waals surface area contributed by atoms with E-state index in [1.807, 2.05) is 36.4 Å². The van der Waals surface area contributed by atoms with Crippen molar-refractivity contribution in [3.05, 3.63) is 142 Å². The summed E-state index contributed by atoms with van der Waals surface area (Å²) in [5.41, 5.74) is -0.670. The topological polar surface area (TPSA) is 111 Å². The van der Waals surface area contributed by atoms with Crippen LogP contribution in [0.1, 0.15) is 35.6 Å². The molecule has 2 aliphatic carbocycles. The summed E-state index contributed by atoms with van der Waals surface area (Å²) in [6.45, 7) is 0. The lowest BCUT2D eigenvalue weighted by atomic mass is 9.49. The van der Waals surface area contributed by atoms with E-state index < -0.39 is 76.3 Å². The molecule has 9 nitrogen and oxygen atoms in total. The largest absolute Gasteiger partial charge is 0.507 e. The molecule has 2 saturated heterocycles. The van der Waals surface area contributed by atoms with Gasteiger partial charge in [-0.15, -0.1) is 0 Å². The highest BCUT2D eigenvalue weighted by atomic mass is 35.5. The van der Waals surface area contributed by atoms with E-state index in [9.17, 15) is 27.9 Å². The summed E-state index contributed by atoms with van der Waals surface area (Å²) in [5.74, 6) is -7.46. The number of alkyl halides is 3. The van der Waals surface area contributed by atoms with Crippen molar-refractivity contribution in [3.63, 3.8) is 0 Å². The summed E-state index contributed by atoms with van der Waals surface area (Å²) in [6.07, 6.45) is -2.88. The molecule has 4 aromatic carbocycles. The van der Waals surface area contributed by atoms with Crippen LogP contribution < -0.4 is 9.91 Å². The number of carbonyl (C=O) groups is 4. The van der Waals surface area contributed by atoms with Crippen LogP contribution in [0.3, 0.4) is 0 Å². The lowest BCUT2D eigenvalue weighted by Crippen LogP contribution is -2.53. The van der Waals surface area contributed by atoms with Gasteiger partial charge in [0.2, 0.25) is 11.8 Å². The highest BCUT2D eigenvalue weighted by Gasteiger charge is 2.70. The number of hydrogen-bond acceptors (Lipinski definition) is 7. The predicted molar refractivity (Wildman–Crippen MR) is 206 cm³/mol. The number of phenols is 1. The SMILES string of the molecule is CN(c1nc(C(F)(F)F)ccc1Cl)N1C(=O)[C@H]2[C@H](CC=C3[C@H]2C[C@H]2C(=O)N(c4cccc(Cl)c4)C(=O)[C@@]2(c2ccccc2)[C@H]3c2ccc(O)c3ccccc23)C1=O. The van der Waals surface area contributed by atoms with Gasteiger partial charge in [0.15, 0.2) is 5.82 Å². The van der Waals surface area contributed by atoms with Crippen LogP contribution in [-0.4, -0.2) is 45.8 Å². The van der Waals surface area contributed by atoms with E-state index in [0.717, 1.165) is 21.0 Å². The third kappa shape index (κ3) is 5.33. The second kappa shape index (κ2) is 13.2. The van der Waals surface area contributed by atoms with Gasteiger partial charge in [-0.2, -0.15) is 18.2 Å². The highest BCUT2D eigenvalue weighted by Crippen LogP contribution is 2.65. The number of rotatable bonds is 5. The molecule has 1 aromatic heterocycles. The summed E-state index contributed by atoms with van der Waals surface area (Å²) < 4.78 is 41.2. The molecular weight excluding hydrogens is 780 g/mol. The zero-order chi connectivity index (χ0) is 40.1. The van der Waals surface area contributed by atoms with Crippen molar-refractivity contribution >= 4 is 69.1 Å². The fourth-order valence-corrected chi connectivity index (χ4v) is 10.2. The number of halogens is 5. The van der Waals surface area contributed by atoms with Gasteiger partial charge in [-0.3, -0.25) is 24.2 Å². The fourth-order valence-electron chi connectivity index (χ4n) is 9.84. The number of anilines is 2. The minimum Gasteiger partial charge on any atom is -0.507 e. The number of aromatic hydroxyl groups is 1. The van der Waals surface area contributed by atoms with E-state index >= 15 is 9.59 Å². The summed E-state index contributed by atoms with van der Waals surface area (Å²) in [7, 11) is 1.25. The minimum atomic E-state index is -4.82. The molecule has 3 heterocycles. The van der Waals surface area contributed by atoms with Gasteiger partial charge in [-0.25, -0.2) is 9.88 Å². The van der Waals surface area contributed by atoms with Gasteiger partial charge in [0.25, 0.3) is 11.8 Å². The molecule has 0 bridgehead atoms. The van der Waals surface area contributed by atoms with Crippen LogP contribution in [0.25, 0.3) is 10.8 Å². The maximum atomic E-state index is 15.6. The molecule has 1 N–H and O–H groups in total. The smallest absolute Gasteiger partial charge is 0.433 e. The van der Waals surface area contributed by atoms with Gasteiger partial charge in [0.05, 0.1) is 33.9 Å². The molecule has 4 aliphatic rings. The average Bonchev–Trinajstić information content (AvgIpc) is 3.58. The number of amides is 4. The van der Waals surface area contributed by atoms with Crippen LogP contribution in [0, 0.1) is 23.7 Å². The van der Waals surface area contributed by atoms with Crippen molar-refractivity contribution in [1.29, 1.82) is 0 Å². The first kappa shape index (κ1) is 36.9. The van der Waals surface area contributed by atoms with Gasteiger partial charge in [0, 0.05) is 23.4 Å². The van der Waals surface area contributed by atoms with Crippen LogP contribution in [0.4, 0.5) is 24.7 Å². The normalized spacial score (nSPS) is 25.7. The van der Waals surface area contributed by atoms with Crippen molar-refractivity contribution < 1.29 is 37.5 Å². The van der Waals surface area contributed by atoms with Crippen LogP contribution >= 0.6 is 23.2 Å². The van der Waals surface area contributed by atoms with Crippen LogP contribution in [0.2, 0.25) is 10.0 Å². The number of nitrogens with zero attached hydrogens (tertiary/aromatic N) is 4. The third-order valence-corrected chi connectivity index (χ3v) is 12.6. The Morgan fingerprint density at radius 2 is 1.54 bits per heavy atom. The highest BCUT2D eigenvalue weighted by molar-refractivity contribution is 6.33. The zero-order valence-electron chi connectivity index (χ0n) is 30.0. The third-order valence-electron chi connectivity index (χ3n) is 12.1. The summed E-state index contributed by atoms with van der Waals surface area (Å²) in [6, 6.07) is 27.7. The number of imide groups is 2. The van der Waals surface area contributed by atoms with Crippen LogP contribution in [0.5, 0.6) is 5.75 Å². The maximum absolute atomic E-state index is 15.6. The summed E-state index contributed by atoms with van der Waals surface area (Å²) >= 11 is 12.7. The van der Waals surface area contributed by atoms with E-state index in [1.165, 1.54) is 7.05 Å². The summed E-state index contributed by atoms with van der Waals surface area (Å²) in [5, 5.41) is 14.0. The first-order chi connectivity index (χ1) is 27.2. The van der Waals surface area contributed by atoms with Crippen molar-refractivity contribution in [1.82, 2.24) is 9.99 Å². The number of fused-ring (bicyclic) bond motifs is 5. The monoisotopic (exact) mass is 810 g/mol. The molecule has 57 heavy (non-hydrogen) atoms. The van der Waals surface area contributed by atoms with Gasteiger partial charge in [-0.1, -0.05) is 102 Å². The Bertz CT molecular complexity index is 2590. The number of allylic oxidation sites excluding steroid dienone is 2. The molecule has 5 aromatic rings. The molecule has 4 amide bonds. The van der Waals surface area contributed by atoms with E-state index in [2.05, 4.69) is 4.98 Å². The van der Waals surface area contributed by atoms with E-state index in [-0.39, 0.29) is 29.3 Å². The molecule has 1 saturated carbocycles. The Kier molecular flexibility index (Phi) is 8.53. The zero-order valence-corrected chi connectivity index (χ0v) is 31.5. The lowest BCUT2D eigenvalue weighted by Gasteiger charge is -2.51. The van der Waals surface area contributed by atoms with Crippen LogP contribution in [0.15, 0.2) is 115 Å². The van der Waals surface area contributed by atoms with Crippen molar-refractivity contribution in [2.45, 2.75) is 30.4 Å². The average molecular weight is 812 g/mol. The van der Waals surface area contributed by atoms with E-state index in [1.54, 1.807) is 60.7 Å². The molecular formula is C43H31Cl2F3N4O5. The van der Waals surface area contributed by atoms with E-state index in [0.29, 0.717) is 38.6 Å². The maximum Gasteiger partial charge on any atom is 0.433 e. The van der Waals surface area contributed by atoms with E-state index in [4.69, 9.17) is 23.2 Å². The Morgan fingerprint density at radius 3 is 2.26 bits per heavy atom. The molecule has 9 rings (SSSR count). The number of aromatic nitrogens is 1. The van der Waals surface area contributed by atoms with Gasteiger partial charge >= 0.3 is 6.18 Å². The minimum absolute atomic E-state index is 0.00477. The lowest BCUT2D eigenvalue weighted by molar-refractivity contribution is -0.141. The number of phenolic OH excluding ortho intramolecular Hbond substituents is 1. The first-order valence-corrected chi connectivity index (χ1v) is 19.0. The van der Waals surface area contributed by atoms with Gasteiger partial charge in [-0.05, 0) is 71.7 Å². The number of pyridine rings is 1. The number of hydrogen-bond donors (Lipinski definition) is 1. The quantitative estimate of drug-likeness (QED) is 0.140. The Labute approximate surface area is 333 Å². The fraction of sp³-hybridized carbons (Fsp3) is 0.233. The summed E-state index contributed by atoms with van der Waals surface area (Å²) in [4.78, 5) is 64.5. The Balaban J connectivity index is 1.25. The Hall–Kier alpha value is -5.72. The van der Waals surface area contributed by atoms with Crippen LogP contribution in [-0.2, 0) is 30.8 Å². The standard InChI is InChI=1S/C43H31Cl2F3N4O5/c1-50(37-32(45)17-19-34(49-37)43(46,47)48)52-38(54)29-15-14-28-30(35(29)40(52)56)21-31-39(55)51(24-11-7-10-23(44)20-24)41(57)42(31,22-8-3-2-4-9-22)36(28)27-16-18-33(53)26-13-6-5-12-25(26)27/h2-14,16-20,29-31,35-36,53H,15,21H2,1H3/t29-,30+,31-,35-,36-,42+/m0/s1. The molecule has 0 unspecified atom stereocenters. The van der Waals surface area contributed by atoms with Crippen molar-refractivity contribution in [3.8, 4) is 5.75 Å². The number of carbonyl (C=O) groups excluding carboxylic acids is 4. The van der Waals surface area contributed by atoms with Crippen molar-refractivity contribution in [2.24, 2.45) is 23.7 Å². The number of benzene rings is 4. The number of hydrazine groups is 1. The molecule has 14 heteroatoms. The Morgan fingerprint density at radius 1 is 0.825 bits per heavy atom.